The summed E-state index contributed by atoms with van der Waals surface area (Å²) >= 11 is 0. The SMILES string of the molecule is Cc1cc(NC2CCCCNC2)ncc1[N+](=O)[O-]. The second-order valence-corrected chi connectivity index (χ2v) is 4.65. The van der Waals surface area contributed by atoms with Crippen molar-refractivity contribution in [2.45, 2.75) is 32.2 Å². The lowest BCUT2D eigenvalue weighted by atomic mass is 10.1. The maximum atomic E-state index is 10.7. The van der Waals surface area contributed by atoms with E-state index in [-0.39, 0.29) is 5.69 Å². The zero-order chi connectivity index (χ0) is 13.0. The van der Waals surface area contributed by atoms with Crippen molar-refractivity contribution in [3.05, 3.63) is 27.9 Å². The summed E-state index contributed by atoms with van der Waals surface area (Å²) in [7, 11) is 0. The summed E-state index contributed by atoms with van der Waals surface area (Å²) in [5.74, 6) is 0.715. The summed E-state index contributed by atoms with van der Waals surface area (Å²) in [5, 5.41) is 17.4. The van der Waals surface area contributed by atoms with Gasteiger partial charge in [-0.3, -0.25) is 10.1 Å². The van der Waals surface area contributed by atoms with E-state index in [4.69, 9.17) is 0 Å². The molecule has 2 heterocycles. The first-order valence-electron chi connectivity index (χ1n) is 6.25. The minimum Gasteiger partial charge on any atom is -0.366 e. The second-order valence-electron chi connectivity index (χ2n) is 4.65. The fraction of sp³-hybridized carbons (Fsp3) is 0.583. The van der Waals surface area contributed by atoms with Gasteiger partial charge < -0.3 is 10.6 Å². The van der Waals surface area contributed by atoms with Gasteiger partial charge in [0.05, 0.1) is 4.92 Å². The minimum atomic E-state index is -0.403. The Bertz CT molecular complexity index is 428. The topological polar surface area (TPSA) is 80.1 Å². The fourth-order valence-corrected chi connectivity index (χ4v) is 2.17. The molecule has 0 radical (unpaired) electrons. The van der Waals surface area contributed by atoms with E-state index in [1.165, 1.54) is 19.0 Å². The lowest BCUT2D eigenvalue weighted by Crippen LogP contribution is -2.31. The first kappa shape index (κ1) is 12.8. The van der Waals surface area contributed by atoms with Crippen LogP contribution in [0.1, 0.15) is 24.8 Å². The number of nitrogens with one attached hydrogen (secondary N) is 2. The average Bonchev–Trinajstić information content (AvgIpc) is 2.57. The van der Waals surface area contributed by atoms with Gasteiger partial charge in [0.15, 0.2) is 0 Å². The molecular formula is C12H18N4O2. The number of aromatic nitrogens is 1. The number of nitro groups is 1. The molecule has 1 saturated heterocycles. The third-order valence-corrected chi connectivity index (χ3v) is 3.18. The Kier molecular flexibility index (Phi) is 4.09. The molecule has 0 bridgehead atoms. The van der Waals surface area contributed by atoms with Gasteiger partial charge in [0.25, 0.3) is 5.69 Å². The molecule has 1 aliphatic rings. The third-order valence-electron chi connectivity index (χ3n) is 3.18. The van der Waals surface area contributed by atoms with Gasteiger partial charge in [0.1, 0.15) is 12.0 Å². The molecule has 2 N–H and O–H groups in total. The van der Waals surface area contributed by atoms with Crippen molar-refractivity contribution in [3.63, 3.8) is 0 Å². The Labute approximate surface area is 106 Å². The van der Waals surface area contributed by atoms with Crippen LogP contribution in [-0.2, 0) is 0 Å². The van der Waals surface area contributed by atoms with Crippen LogP contribution in [0.3, 0.4) is 0 Å². The normalized spacial score (nSPS) is 20.2. The minimum absolute atomic E-state index is 0.0690. The van der Waals surface area contributed by atoms with Crippen molar-refractivity contribution >= 4 is 11.5 Å². The Balaban J connectivity index is 2.05. The van der Waals surface area contributed by atoms with E-state index in [0.29, 0.717) is 17.4 Å². The third kappa shape index (κ3) is 3.16. The Morgan fingerprint density at radius 3 is 3.11 bits per heavy atom. The molecule has 18 heavy (non-hydrogen) atoms. The number of hydrogen-bond donors (Lipinski definition) is 2. The Hall–Kier alpha value is -1.69. The van der Waals surface area contributed by atoms with Crippen molar-refractivity contribution in [1.29, 1.82) is 0 Å². The predicted octanol–water partition coefficient (Wildman–Crippen LogP) is 1.85. The maximum Gasteiger partial charge on any atom is 0.290 e. The molecule has 0 amide bonds. The van der Waals surface area contributed by atoms with Crippen LogP contribution < -0.4 is 10.6 Å². The number of aryl methyl sites for hydroxylation is 1. The van der Waals surface area contributed by atoms with Gasteiger partial charge in [-0.2, -0.15) is 0 Å². The van der Waals surface area contributed by atoms with E-state index < -0.39 is 4.92 Å². The maximum absolute atomic E-state index is 10.7. The highest BCUT2D eigenvalue weighted by Crippen LogP contribution is 2.20. The van der Waals surface area contributed by atoms with E-state index in [1.54, 1.807) is 13.0 Å². The molecule has 0 saturated carbocycles. The zero-order valence-corrected chi connectivity index (χ0v) is 10.5. The van der Waals surface area contributed by atoms with E-state index in [1.807, 2.05) is 0 Å². The molecule has 1 atom stereocenters. The van der Waals surface area contributed by atoms with Crippen LogP contribution in [0.15, 0.2) is 12.3 Å². The number of rotatable bonds is 3. The van der Waals surface area contributed by atoms with Crippen molar-refractivity contribution in [3.8, 4) is 0 Å². The number of pyridine rings is 1. The molecule has 1 aromatic heterocycles. The molecule has 6 nitrogen and oxygen atoms in total. The van der Waals surface area contributed by atoms with Crippen LogP contribution in [0.25, 0.3) is 0 Å². The summed E-state index contributed by atoms with van der Waals surface area (Å²) in [6.45, 7) is 3.71. The van der Waals surface area contributed by atoms with Crippen molar-refractivity contribution in [1.82, 2.24) is 10.3 Å². The van der Waals surface area contributed by atoms with Gasteiger partial charge in [-0.15, -0.1) is 0 Å². The molecule has 1 aliphatic heterocycles. The standard InChI is InChI=1S/C12H18N4O2/c1-9-6-12(14-8-11(9)16(17)18)15-10-4-2-3-5-13-7-10/h6,8,10,13H,2-5,7H2,1H3,(H,14,15). The van der Waals surface area contributed by atoms with E-state index in [0.717, 1.165) is 19.5 Å². The molecule has 1 unspecified atom stereocenters. The molecule has 1 aromatic rings. The second kappa shape index (κ2) is 5.77. The monoisotopic (exact) mass is 250 g/mol. The van der Waals surface area contributed by atoms with Crippen LogP contribution in [0.2, 0.25) is 0 Å². The molecule has 1 fully saturated rings. The van der Waals surface area contributed by atoms with Crippen LogP contribution >= 0.6 is 0 Å². The summed E-state index contributed by atoms with van der Waals surface area (Å²) < 4.78 is 0. The lowest BCUT2D eigenvalue weighted by molar-refractivity contribution is -0.385. The Morgan fingerprint density at radius 2 is 2.39 bits per heavy atom. The largest absolute Gasteiger partial charge is 0.366 e. The summed E-state index contributed by atoms with van der Waals surface area (Å²) in [4.78, 5) is 14.4. The van der Waals surface area contributed by atoms with Crippen LogP contribution in [0, 0.1) is 17.0 Å². The zero-order valence-electron chi connectivity index (χ0n) is 10.5. The molecule has 0 aromatic carbocycles. The van der Waals surface area contributed by atoms with Gasteiger partial charge in [-0.1, -0.05) is 6.42 Å². The highest BCUT2D eigenvalue weighted by Gasteiger charge is 2.15. The first-order chi connectivity index (χ1) is 8.66. The average molecular weight is 250 g/mol. The lowest BCUT2D eigenvalue weighted by Gasteiger charge is -2.17. The highest BCUT2D eigenvalue weighted by molar-refractivity contribution is 5.47. The van der Waals surface area contributed by atoms with Gasteiger partial charge in [-0.25, -0.2) is 4.98 Å². The van der Waals surface area contributed by atoms with E-state index in [9.17, 15) is 10.1 Å². The van der Waals surface area contributed by atoms with Crippen molar-refractivity contribution < 1.29 is 4.92 Å². The van der Waals surface area contributed by atoms with Crippen LogP contribution in [0.4, 0.5) is 11.5 Å². The van der Waals surface area contributed by atoms with Crippen molar-refractivity contribution in [2.24, 2.45) is 0 Å². The fourth-order valence-electron chi connectivity index (χ4n) is 2.17. The first-order valence-corrected chi connectivity index (χ1v) is 6.25. The van der Waals surface area contributed by atoms with Gasteiger partial charge in [-0.05, 0) is 32.4 Å². The Morgan fingerprint density at radius 1 is 1.56 bits per heavy atom. The van der Waals surface area contributed by atoms with E-state index in [2.05, 4.69) is 15.6 Å². The van der Waals surface area contributed by atoms with Crippen LogP contribution in [0.5, 0.6) is 0 Å². The summed E-state index contributed by atoms with van der Waals surface area (Å²) in [6.07, 6.45) is 4.81. The quantitative estimate of drug-likeness (QED) is 0.632. The molecule has 2 rings (SSSR count). The number of hydrogen-bond acceptors (Lipinski definition) is 5. The molecule has 98 valence electrons. The van der Waals surface area contributed by atoms with Crippen molar-refractivity contribution in [2.75, 3.05) is 18.4 Å². The molecular weight excluding hydrogens is 232 g/mol. The van der Waals surface area contributed by atoms with Crippen LogP contribution in [-0.4, -0.2) is 29.0 Å². The van der Waals surface area contributed by atoms with Gasteiger partial charge >= 0.3 is 0 Å². The van der Waals surface area contributed by atoms with E-state index >= 15 is 0 Å². The predicted molar refractivity (Wildman–Crippen MR) is 69.8 cm³/mol. The highest BCUT2D eigenvalue weighted by atomic mass is 16.6. The molecule has 0 spiro atoms. The van der Waals surface area contributed by atoms with Gasteiger partial charge in [0, 0.05) is 18.2 Å². The summed E-state index contributed by atoms with van der Waals surface area (Å²) in [5.41, 5.74) is 0.707. The number of anilines is 1. The van der Waals surface area contributed by atoms with Gasteiger partial charge in [0.2, 0.25) is 0 Å². The smallest absolute Gasteiger partial charge is 0.290 e. The number of nitrogens with zero attached hydrogens (tertiary/aromatic N) is 2. The summed E-state index contributed by atoms with van der Waals surface area (Å²) in [6, 6.07) is 2.09. The molecule has 6 heteroatoms. The molecule has 0 aliphatic carbocycles.